The Bertz CT molecular complexity index is 340. The standard InChI is InChI=1S/C11H14INO3/c1-16-7-10(6-14)13-11(15)8-2-4-9(12)5-3-8/h2-5,10,14H,6-7H2,1H3,(H,13,15). The molecule has 0 saturated carbocycles. The van der Waals surface area contributed by atoms with Crippen LogP contribution in [0.4, 0.5) is 0 Å². The quantitative estimate of drug-likeness (QED) is 0.791. The van der Waals surface area contributed by atoms with Crippen molar-refractivity contribution in [3.63, 3.8) is 0 Å². The predicted octanol–water partition coefficient (Wildman–Crippen LogP) is 1.03. The largest absolute Gasteiger partial charge is 0.394 e. The first-order valence-electron chi connectivity index (χ1n) is 4.83. The molecule has 1 unspecified atom stereocenters. The Kier molecular flexibility index (Phi) is 5.72. The molecule has 0 aliphatic heterocycles. The SMILES string of the molecule is COCC(CO)NC(=O)c1ccc(I)cc1. The topological polar surface area (TPSA) is 58.6 Å². The molecule has 0 aromatic heterocycles. The molecular weight excluding hydrogens is 321 g/mol. The van der Waals surface area contributed by atoms with Gasteiger partial charge in [-0.1, -0.05) is 0 Å². The Labute approximate surface area is 108 Å². The minimum atomic E-state index is -0.364. The fourth-order valence-electron chi connectivity index (χ4n) is 1.21. The van der Waals surface area contributed by atoms with Crippen LogP contribution in [0.2, 0.25) is 0 Å². The van der Waals surface area contributed by atoms with E-state index < -0.39 is 0 Å². The normalized spacial score (nSPS) is 12.2. The van der Waals surface area contributed by atoms with Gasteiger partial charge < -0.3 is 15.2 Å². The molecule has 0 saturated heterocycles. The number of methoxy groups -OCH3 is 1. The number of amides is 1. The molecule has 0 aliphatic rings. The van der Waals surface area contributed by atoms with E-state index >= 15 is 0 Å². The number of halogens is 1. The summed E-state index contributed by atoms with van der Waals surface area (Å²) in [5.74, 6) is -0.201. The molecule has 1 aromatic rings. The van der Waals surface area contributed by atoms with Crippen LogP contribution in [-0.4, -0.2) is 37.4 Å². The molecule has 4 nitrogen and oxygen atoms in total. The lowest BCUT2D eigenvalue weighted by atomic mass is 10.2. The van der Waals surface area contributed by atoms with E-state index in [1.165, 1.54) is 7.11 Å². The van der Waals surface area contributed by atoms with Crippen LogP contribution in [0.1, 0.15) is 10.4 Å². The molecule has 0 spiro atoms. The van der Waals surface area contributed by atoms with E-state index in [-0.39, 0.29) is 18.6 Å². The van der Waals surface area contributed by atoms with Crippen LogP contribution in [-0.2, 0) is 4.74 Å². The Balaban J connectivity index is 2.60. The highest BCUT2D eigenvalue weighted by Crippen LogP contribution is 2.06. The van der Waals surface area contributed by atoms with E-state index in [0.29, 0.717) is 12.2 Å². The van der Waals surface area contributed by atoms with Crippen LogP contribution >= 0.6 is 22.6 Å². The second-order valence-electron chi connectivity index (χ2n) is 3.32. The highest BCUT2D eigenvalue weighted by atomic mass is 127. The van der Waals surface area contributed by atoms with Gasteiger partial charge in [-0.3, -0.25) is 4.79 Å². The molecule has 0 aliphatic carbocycles. The van der Waals surface area contributed by atoms with E-state index in [1.807, 2.05) is 12.1 Å². The summed E-state index contributed by atoms with van der Waals surface area (Å²) in [4.78, 5) is 11.7. The molecule has 16 heavy (non-hydrogen) atoms. The summed E-state index contributed by atoms with van der Waals surface area (Å²) in [6, 6.07) is 6.85. The third-order valence-corrected chi connectivity index (χ3v) is 2.75. The molecule has 1 aromatic carbocycles. The lowest BCUT2D eigenvalue weighted by Crippen LogP contribution is -2.40. The van der Waals surface area contributed by atoms with Crippen molar-refractivity contribution in [2.45, 2.75) is 6.04 Å². The zero-order chi connectivity index (χ0) is 12.0. The first-order chi connectivity index (χ1) is 7.67. The van der Waals surface area contributed by atoms with Crippen LogP contribution in [0.25, 0.3) is 0 Å². The van der Waals surface area contributed by atoms with Gasteiger partial charge in [0.05, 0.1) is 19.3 Å². The van der Waals surface area contributed by atoms with E-state index in [4.69, 9.17) is 9.84 Å². The number of ether oxygens (including phenoxy) is 1. The van der Waals surface area contributed by atoms with Gasteiger partial charge >= 0.3 is 0 Å². The molecule has 88 valence electrons. The average molecular weight is 335 g/mol. The second-order valence-corrected chi connectivity index (χ2v) is 4.56. The minimum Gasteiger partial charge on any atom is -0.394 e. The van der Waals surface area contributed by atoms with Gasteiger partial charge in [0.2, 0.25) is 0 Å². The third kappa shape index (κ3) is 4.07. The van der Waals surface area contributed by atoms with Gasteiger partial charge in [0.25, 0.3) is 5.91 Å². The van der Waals surface area contributed by atoms with Gasteiger partial charge in [0.15, 0.2) is 0 Å². The molecule has 0 fully saturated rings. The number of carbonyl (C=O) groups excluding carboxylic acids is 1. The summed E-state index contributed by atoms with van der Waals surface area (Å²) in [6.07, 6.45) is 0. The third-order valence-electron chi connectivity index (χ3n) is 2.03. The van der Waals surface area contributed by atoms with Crippen molar-refractivity contribution in [1.82, 2.24) is 5.32 Å². The summed E-state index contributed by atoms with van der Waals surface area (Å²) >= 11 is 2.17. The Hall–Kier alpha value is -0.660. The summed E-state index contributed by atoms with van der Waals surface area (Å²) in [6.45, 7) is 0.163. The Morgan fingerprint density at radius 1 is 1.50 bits per heavy atom. The van der Waals surface area contributed by atoms with E-state index in [9.17, 15) is 4.79 Å². The van der Waals surface area contributed by atoms with Gasteiger partial charge in [-0.2, -0.15) is 0 Å². The number of carbonyl (C=O) groups is 1. The first kappa shape index (κ1) is 13.4. The number of benzene rings is 1. The fraction of sp³-hybridized carbons (Fsp3) is 0.364. The van der Waals surface area contributed by atoms with Crippen molar-refractivity contribution < 1.29 is 14.6 Å². The van der Waals surface area contributed by atoms with Crippen molar-refractivity contribution >= 4 is 28.5 Å². The van der Waals surface area contributed by atoms with Crippen molar-refractivity contribution in [1.29, 1.82) is 0 Å². The summed E-state index contributed by atoms with van der Waals surface area (Å²) in [7, 11) is 1.53. The molecule has 0 bridgehead atoms. The zero-order valence-electron chi connectivity index (χ0n) is 8.94. The van der Waals surface area contributed by atoms with E-state index in [2.05, 4.69) is 27.9 Å². The maximum Gasteiger partial charge on any atom is 0.251 e. The number of hydrogen-bond acceptors (Lipinski definition) is 3. The number of aliphatic hydroxyl groups excluding tert-OH is 1. The van der Waals surface area contributed by atoms with Crippen molar-refractivity contribution in [2.24, 2.45) is 0 Å². The van der Waals surface area contributed by atoms with Crippen LogP contribution in [0, 0.1) is 3.57 Å². The predicted molar refractivity (Wildman–Crippen MR) is 69.4 cm³/mol. The smallest absolute Gasteiger partial charge is 0.251 e. The molecule has 1 rings (SSSR count). The van der Waals surface area contributed by atoms with Crippen molar-refractivity contribution in [2.75, 3.05) is 20.3 Å². The fourth-order valence-corrected chi connectivity index (χ4v) is 1.57. The van der Waals surface area contributed by atoms with Gasteiger partial charge in [0.1, 0.15) is 0 Å². The number of nitrogens with one attached hydrogen (secondary N) is 1. The highest BCUT2D eigenvalue weighted by Gasteiger charge is 2.12. The maximum atomic E-state index is 11.7. The lowest BCUT2D eigenvalue weighted by molar-refractivity contribution is 0.0839. The van der Waals surface area contributed by atoms with Gasteiger partial charge in [-0.05, 0) is 46.9 Å². The highest BCUT2D eigenvalue weighted by molar-refractivity contribution is 14.1. The number of rotatable bonds is 5. The summed E-state index contributed by atoms with van der Waals surface area (Å²) in [5, 5.41) is 11.7. The lowest BCUT2D eigenvalue weighted by Gasteiger charge is -2.15. The first-order valence-corrected chi connectivity index (χ1v) is 5.91. The van der Waals surface area contributed by atoms with Gasteiger partial charge in [-0.25, -0.2) is 0 Å². The van der Waals surface area contributed by atoms with Crippen LogP contribution in [0.3, 0.4) is 0 Å². The number of aliphatic hydroxyl groups is 1. The molecule has 5 heteroatoms. The Morgan fingerprint density at radius 3 is 2.62 bits per heavy atom. The average Bonchev–Trinajstić information content (AvgIpc) is 2.29. The van der Waals surface area contributed by atoms with Gasteiger partial charge in [-0.15, -0.1) is 0 Å². The summed E-state index contributed by atoms with van der Waals surface area (Å²) < 4.78 is 5.95. The Morgan fingerprint density at radius 2 is 2.12 bits per heavy atom. The molecular formula is C11H14INO3. The minimum absolute atomic E-state index is 0.135. The molecule has 0 radical (unpaired) electrons. The van der Waals surface area contributed by atoms with Gasteiger partial charge in [0, 0.05) is 16.2 Å². The van der Waals surface area contributed by atoms with Crippen molar-refractivity contribution in [3.8, 4) is 0 Å². The van der Waals surface area contributed by atoms with Crippen LogP contribution in [0.15, 0.2) is 24.3 Å². The monoisotopic (exact) mass is 335 g/mol. The van der Waals surface area contributed by atoms with E-state index in [0.717, 1.165) is 3.57 Å². The number of hydrogen-bond donors (Lipinski definition) is 2. The maximum absolute atomic E-state index is 11.7. The van der Waals surface area contributed by atoms with Crippen LogP contribution in [0.5, 0.6) is 0 Å². The molecule has 0 heterocycles. The molecule has 1 atom stereocenters. The molecule has 1 amide bonds. The summed E-state index contributed by atoms with van der Waals surface area (Å²) in [5.41, 5.74) is 0.579. The molecule has 2 N–H and O–H groups in total. The second kappa shape index (κ2) is 6.82. The van der Waals surface area contributed by atoms with Crippen molar-refractivity contribution in [3.05, 3.63) is 33.4 Å². The van der Waals surface area contributed by atoms with Crippen LogP contribution < -0.4 is 5.32 Å². The van der Waals surface area contributed by atoms with E-state index in [1.54, 1.807) is 12.1 Å². The zero-order valence-corrected chi connectivity index (χ0v) is 11.1.